The van der Waals surface area contributed by atoms with Gasteiger partial charge in [-0.15, -0.1) is 0 Å². The molecule has 0 atom stereocenters. The first kappa shape index (κ1) is 15.5. The van der Waals surface area contributed by atoms with Crippen molar-refractivity contribution in [1.29, 1.82) is 0 Å². The maximum Gasteiger partial charge on any atom is 0.496 e. The Morgan fingerprint density at radius 2 is 1.65 bits per heavy atom. The van der Waals surface area contributed by atoms with Crippen LogP contribution < -0.4 is 5.46 Å². The van der Waals surface area contributed by atoms with E-state index in [1.165, 1.54) is 0 Å². The Balaban J connectivity index is 2.34. The summed E-state index contributed by atoms with van der Waals surface area (Å²) in [6, 6.07) is 4.09. The van der Waals surface area contributed by atoms with Crippen LogP contribution in [0.5, 0.6) is 0 Å². The standard InChI is InChI=1S/C15H25BN2O2/c1-11-8-9-12(13(17-11)10-18(6)7)16-19-14(2,3)15(4,5)20-16/h8-9H,10H2,1-7H3. The monoisotopic (exact) mass is 276 g/mol. The van der Waals surface area contributed by atoms with Gasteiger partial charge in [-0.3, -0.25) is 4.98 Å². The lowest BCUT2D eigenvalue weighted by atomic mass is 9.77. The lowest BCUT2D eigenvalue weighted by molar-refractivity contribution is 0.00578. The summed E-state index contributed by atoms with van der Waals surface area (Å²) >= 11 is 0. The third kappa shape index (κ3) is 2.90. The highest BCUT2D eigenvalue weighted by molar-refractivity contribution is 6.62. The minimum atomic E-state index is -0.344. The number of aryl methyl sites for hydroxylation is 1. The molecule has 0 aromatic carbocycles. The predicted octanol–water partition coefficient (Wildman–Crippen LogP) is 1.75. The zero-order chi connectivity index (χ0) is 15.1. The van der Waals surface area contributed by atoms with Crippen LogP contribution in [0.25, 0.3) is 0 Å². The minimum absolute atomic E-state index is 0.321. The van der Waals surface area contributed by atoms with E-state index >= 15 is 0 Å². The van der Waals surface area contributed by atoms with Gasteiger partial charge in [0.2, 0.25) is 0 Å². The summed E-state index contributed by atoms with van der Waals surface area (Å²) in [5, 5.41) is 0. The molecule has 1 aliphatic rings. The van der Waals surface area contributed by atoms with Gasteiger partial charge >= 0.3 is 7.12 Å². The number of pyridine rings is 1. The van der Waals surface area contributed by atoms with Crippen molar-refractivity contribution in [3.05, 3.63) is 23.5 Å². The topological polar surface area (TPSA) is 34.6 Å². The highest BCUT2D eigenvalue weighted by Gasteiger charge is 2.52. The summed E-state index contributed by atoms with van der Waals surface area (Å²) in [7, 11) is 3.74. The molecule has 2 rings (SSSR count). The van der Waals surface area contributed by atoms with Gasteiger partial charge in [0.15, 0.2) is 0 Å². The van der Waals surface area contributed by atoms with Crippen molar-refractivity contribution in [3.8, 4) is 0 Å². The van der Waals surface area contributed by atoms with E-state index in [0.29, 0.717) is 0 Å². The molecule has 0 spiro atoms. The van der Waals surface area contributed by atoms with Gasteiger partial charge < -0.3 is 14.2 Å². The molecule has 0 radical (unpaired) electrons. The Morgan fingerprint density at radius 3 is 2.15 bits per heavy atom. The molecule has 0 amide bonds. The zero-order valence-electron chi connectivity index (χ0n) is 13.7. The van der Waals surface area contributed by atoms with E-state index in [-0.39, 0.29) is 18.3 Å². The van der Waals surface area contributed by atoms with Crippen molar-refractivity contribution >= 4 is 12.6 Å². The Kier molecular flexibility index (Phi) is 3.97. The van der Waals surface area contributed by atoms with Crippen molar-refractivity contribution in [2.24, 2.45) is 0 Å². The van der Waals surface area contributed by atoms with Crippen LogP contribution in [-0.2, 0) is 15.9 Å². The summed E-state index contributed by atoms with van der Waals surface area (Å²) < 4.78 is 12.3. The maximum atomic E-state index is 6.13. The fraction of sp³-hybridized carbons (Fsp3) is 0.667. The smallest absolute Gasteiger partial charge is 0.399 e. The van der Waals surface area contributed by atoms with Crippen molar-refractivity contribution in [2.75, 3.05) is 14.1 Å². The fourth-order valence-electron chi connectivity index (χ4n) is 2.23. The van der Waals surface area contributed by atoms with Crippen LogP contribution >= 0.6 is 0 Å². The van der Waals surface area contributed by atoms with E-state index in [1.807, 2.05) is 27.1 Å². The van der Waals surface area contributed by atoms with Crippen molar-refractivity contribution in [2.45, 2.75) is 52.4 Å². The van der Waals surface area contributed by atoms with Crippen molar-refractivity contribution in [1.82, 2.24) is 9.88 Å². The Hall–Kier alpha value is -0.905. The molecule has 5 heteroatoms. The maximum absolute atomic E-state index is 6.13. The normalized spacial score (nSPS) is 20.7. The van der Waals surface area contributed by atoms with Gasteiger partial charge in [0.05, 0.1) is 16.9 Å². The Bertz CT molecular complexity index is 485. The van der Waals surface area contributed by atoms with Gasteiger partial charge in [0.1, 0.15) is 0 Å². The molecule has 0 saturated carbocycles. The van der Waals surface area contributed by atoms with Gasteiger partial charge in [0.25, 0.3) is 0 Å². The molecule has 110 valence electrons. The first-order chi connectivity index (χ1) is 9.12. The molecule has 0 N–H and O–H groups in total. The molecule has 1 fully saturated rings. The molecular formula is C15H25BN2O2. The third-order valence-electron chi connectivity index (χ3n) is 4.12. The fourth-order valence-corrected chi connectivity index (χ4v) is 2.23. The summed E-state index contributed by atoms with van der Waals surface area (Å²) in [6.45, 7) is 11.1. The van der Waals surface area contributed by atoms with E-state index < -0.39 is 0 Å². The largest absolute Gasteiger partial charge is 0.496 e. The summed E-state index contributed by atoms with van der Waals surface area (Å²) in [4.78, 5) is 6.76. The van der Waals surface area contributed by atoms with Crippen LogP contribution in [0.4, 0.5) is 0 Å². The first-order valence-corrected chi connectivity index (χ1v) is 7.09. The van der Waals surface area contributed by atoms with Gasteiger partial charge in [-0.1, -0.05) is 6.07 Å². The van der Waals surface area contributed by atoms with E-state index in [0.717, 1.165) is 23.4 Å². The van der Waals surface area contributed by atoms with Crippen LogP contribution in [0.2, 0.25) is 0 Å². The van der Waals surface area contributed by atoms with Crippen LogP contribution in [0.15, 0.2) is 12.1 Å². The molecule has 0 bridgehead atoms. The zero-order valence-corrected chi connectivity index (χ0v) is 13.7. The molecule has 1 saturated heterocycles. The number of nitrogens with zero attached hydrogens (tertiary/aromatic N) is 2. The highest BCUT2D eigenvalue weighted by atomic mass is 16.7. The lowest BCUT2D eigenvalue weighted by Crippen LogP contribution is -2.41. The van der Waals surface area contributed by atoms with Crippen LogP contribution in [0.3, 0.4) is 0 Å². The average Bonchev–Trinajstić information content (AvgIpc) is 2.46. The number of hydrogen-bond donors (Lipinski definition) is 0. The second-order valence-electron chi connectivity index (χ2n) is 6.81. The molecule has 2 heterocycles. The van der Waals surface area contributed by atoms with Crippen molar-refractivity contribution < 1.29 is 9.31 Å². The Labute approximate surface area is 122 Å². The molecule has 20 heavy (non-hydrogen) atoms. The molecule has 0 aliphatic carbocycles. The van der Waals surface area contributed by atoms with Gasteiger partial charge in [0, 0.05) is 17.7 Å². The molecule has 0 unspecified atom stereocenters. The quantitative estimate of drug-likeness (QED) is 0.788. The first-order valence-electron chi connectivity index (χ1n) is 7.09. The van der Waals surface area contributed by atoms with Crippen LogP contribution in [-0.4, -0.2) is 42.3 Å². The van der Waals surface area contributed by atoms with E-state index in [4.69, 9.17) is 9.31 Å². The SMILES string of the molecule is Cc1ccc(B2OC(C)(C)C(C)(C)O2)c(CN(C)C)n1. The summed E-state index contributed by atoms with van der Waals surface area (Å²) in [5.74, 6) is 0. The molecule has 1 aromatic heterocycles. The van der Waals surface area contributed by atoms with E-state index in [1.54, 1.807) is 0 Å². The summed E-state index contributed by atoms with van der Waals surface area (Å²) in [6.07, 6.45) is 0. The van der Waals surface area contributed by atoms with Crippen LogP contribution in [0, 0.1) is 6.92 Å². The summed E-state index contributed by atoms with van der Waals surface area (Å²) in [5.41, 5.74) is 2.43. The van der Waals surface area contributed by atoms with E-state index in [2.05, 4.69) is 43.6 Å². The average molecular weight is 276 g/mol. The lowest BCUT2D eigenvalue weighted by Gasteiger charge is -2.32. The number of hydrogen-bond acceptors (Lipinski definition) is 4. The molecular weight excluding hydrogens is 251 g/mol. The number of rotatable bonds is 3. The van der Waals surface area contributed by atoms with Crippen molar-refractivity contribution in [3.63, 3.8) is 0 Å². The predicted molar refractivity (Wildman–Crippen MR) is 82.1 cm³/mol. The minimum Gasteiger partial charge on any atom is -0.399 e. The van der Waals surface area contributed by atoms with Gasteiger partial charge in [-0.05, 0) is 54.8 Å². The van der Waals surface area contributed by atoms with Crippen LogP contribution in [0.1, 0.15) is 39.1 Å². The molecule has 1 aliphatic heterocycles. The molecule has 1 aromatic rings. The van der Waals surface area contributed by atoms with Gasteiger partial charge in [-0.25, -0.2) is 0 Å². The Morgan fingerprint density at radius 1 is 1.10 bits per heavy atom. The van der Waals surface area contributed by atoms with Gasteiger partial charge in [-0.2, -0.15) is 0 Å². The second kappa shape index (κ2) is 5.13. The third-order valence-corrected chi connectivity index (χ3v) is 4.12. The second-order valence-corrected chi connectivity index (χ2v) is 6.81. The number of aromatic nitrogens is 1. The van der Waals surface area contributed by atoms with E-state index in [9.17, 15) is 0 Å². The highest BCUT2D eigenvalue weighted by Crippen LogP contribution is 2.36. The molecule has 4 nitrogen and oxygen atoms in total.